The number of rotatable bonds is 11. The van der Waals surface area contributed by atoms with Gasteiger partial charge in [0.15, 0.2) is 11.5 Å². The van der Waals surface area contributed by atoms with Crippen LogP contribution in [0.1, 0.15) is 16.7 Å². The zero-order valence-electron chi connectivity index (χ0n) is 20.1. The summed E-state index contributed by atoms with van der Waals surface area (Å²) < 4.78 is 74.8. The Labute approximate surface area is 223 Å². The standard InChI is InChI=1S/C25H27F2IN2O5S/c1-33-22-8-7-18(14-23(22)34-2)36(31,32)30(10-9-29)25-17(11-16(15-28)12-24(25)35-3)13-19-20(26)5-4-6-21(19)27/h4-8,11-12,14H,9-10,13,15,29H2,1-3H3. The first-order valence-corrected chi connectivity index (χ1v) is 13.8. The highest BCUT2D eigenvalue weighted by atomic mass is 127. The minimum Gasteiger partial charge on any atom is -0.495 e. The van der Waals surface area contributed by atoms with Crippen molar-refractivity contribution < 1.29 is 31.4 Å². The summed E-state index contributed by atoms with van der Waals surface area (Å²) in [6.07, 6.45) is -0.197. The van der Waals surface area contributed by atoms with E-state index < -0.39 is 21.7 Å². The van der Waals surface area contributed by atoms with Crippen LogP contribution in [-0.4, -0.2) is 42.8 Å². The summed E-state index contributed by atoms with van der Waals surface area (Å²) in [7, 11) is 0.0434. The summed E-state index contributed by atoms with van der Waals surface area (Å²) in [4.78, 5) is -0.0726. The van der Waals surface area contributed by atoms with Gasteiger partial charge in [-0.2, -0.15) is 0 Å². The molecule has 7 nitrogen and oxygen atoms in total. The zero-order chi connectivity index (χ0) is 26.5. The Bertz CT molecular complexity index is 1320. The van der Waals surface area contributed by atoms with E-state index in [1.54, 1.807) is 12.1 Å². The van der Waals surface area contributed by atoms with E-state index in [-0.39, 0.29) is 47.2 Å². The van der Waals surface area contributed by atoms with Gasteiger partial charge in [0.05, 0.1) is 31.9 Å². The SMILES string of the molecule is COc1ccc(S(=O)(=O)N(CCN)c2c(Cc3c(F)cccc3F)cc(CI)cc2OC)cc1OC. The largest absolute Gasteiger partial charge is 0.495 e. The molecule has 2 N–H and O–H groups in total. The molecule has 3 aromatic rings. The third-order valence-corrected chi connectivity index (χ3v) is 8.22. The molecular formula is C25H27F2IN2O5S. The van der Waals surface area contributed by atoms with Crippen molar-refractivity contribution in [1.29, 1.82) is 0 Å². The Kier molecular flexibility index (Phi) is 9.36. The number of benzene rings is 3. The van der Waals surface area contributed by atoms with E-state index in [4.69, 9.17) is 19.9 Å². The molecule has 11 heteroatoms. The Balaban J connectivity index is 2.27. The molecule has 0 bridgehead atoms. The number of nitrogens with two attached hydrogens (primary N) is 1. The Morgan fingerprint density at radius 3 is 2.11 bits per heavy atom. The van der Waals surface area contributed by atoms with Crippen molar-refractivity contribution in [1.82, 2.24) is 0 Å². The normalized spacial score (nSPS) is 11.3. The lowest BCUT2D eigenvalue weighted by molar-refractivity contribution is 0.354. The maximum absolute atomic E-state index is 14.6. The van der Waals surface area contributed by atoms with Crippen LogP contribution in [0.5, 0.6) is 17.2 Å². The number of alkyl halides is 1. The van der Waals surface area contributed by atoms with Crippen LogP contribution < -0.4 is 24.2 Å². The van der Waals surface area contributed by atoms with E-state index in [0.717, 1.165) is 22.0 Å². The Morgan fingerprint density at radius 2 is 1.56 bits per heavy atom. The summed E-state index contributed by atoms with van der Waals surface area (Å²) >= 11 is 2.15. The van der Waals surface area contributed by atoms with Crippen LogP contribution in [0, 0.1) is 11.6 Å². The van der Waals surface area contributed by atoms with Crippen molar-refractivity contribution in [3.63, 3.8) is 0 Å². The van der Waals surface area contributed by atoms with Crippen molar-refractivity contribution in [2.24, 2.45) is 5.73 Å². The molecule has 0 amide bonds. The Hall–Kier alpha value is -2.64. The smallest absolute Gasteiger partial charge is 0.264 e. The molecule has 0 saturated carbocycles. The zero-order valence-corrected chi connectivity index (χ0v) is 23.0. The number of ether oxygens (including phenoxy) is 3. The first-order chi connectivity index (χ1) is 17.2. The van der Waals surface area contributed by atoms with E-state index in [2.05, 4.69) is 22.6 Å². The van der Waals surface area contributed by atoms with Gasteiger partial charge in [-0.15, -0.1) is 0 Å². The molecule has 194 valence electrons. The van der Waals surface area contributed by atoms with Gasteiger partial charge in [0.2, 0.25) is 0 Å². The van der Waals surface area contributed by atoms with Crippen LogP contribution in [0.4, 0.5) is 14.5 Å². The highest BCUT2D eigenvalue weighted by Crippen LogP contribution is 2.40. The van der Waals surface area contributed by atoms with Gasteiger partial charge in [0.1, 0.15) is 17.4 Å². The van der Waals surface area contributed by atoms with Crippen LogP contribution >= 0.6 is 22.6 Å². The van der Waals surface area contributed by atoms with E-state index in [1.165, 1.54) is 45.6 Å². The molecule has 0 aliphatic rings. The molecule has 0 heterocycles. The summed E-state index contributed by atoms with van der Waals surface area (Å²) in [6.45, 7) is -0.124. The molecule has 0 fully saturated rings. The van der Waals surface area contributed by atoms with E-state index >= 15 is 0 Å². The molecule has 0 aliphatic heterocycles. The molecule has 36 heavy (non-hydrogen) atoms. The molecule has 0 aromatic heterocycles. The minimum absolute atomic E-state index is 0.0167. The monoisotopic (exact) mass is 632 g/mol. The second-order valence-corrected chi connectivity index (χ2v) is 10.3. The molecule has 0 aliphatic carbocycles. The molecular weight excluding hydrogens is 605 g/mol. The number of sulfonamides is 1. The van der Waals surface area contributed by atoms with Gasteiger partial charge in [-0.1, -0.05) is 34.7 Å². The van der Waals surface area contributed by atoms with Crippen LogP contribution in [-0.2, 0) is 20.9 Å². The lowest BCUT2D eigenvalue weighted by Gasteiger charge is -2.29. The fourth-order valence-electron chi connectivity index (χ4n) is 3.84. The average molecular weight is 632 g/mol. The maximum atomic E-state index is 14.6. The fraction of sp³-hybridized carbons (Fsp3) is 0.280. The van der Waals surface area contributed by atoms with Gasteiger partial charge in [0, 0.05) is 35.6 Å². The number of nitrogens with zero attached hydrogens (tertiary/aromatic N) is 1. The predicted octanol–water partition coefficient (Wildman–Crippen LogP) is 4.67. The number of hydrogen-bond acceptors (Lipinski definition) is 6. The number of anilines is 1. The van der Waals surface area contributed by atoms with Gasteiger partial charge in [-0.25, -0.2) is 17.2 Å². The summed E-state index contributed by atoms with van der Waals surface area (Å²) in [5.41, 5.74) is 6.99. The van der Waals surface area contributed by atoms with Gasteiger partial charge in [-0.05, 0) is 41.5 Å². The lowest BCUT2D eigenvalue weighted by Crippen LogP contribution is -2.36. The molecule has 0 spiro atoms. The second-order valence-electron chi connectivity index (χ2n) is 7.70. The van der Waals surface area contributed by atoms with E-state index in [0.29, 0.717) is 15.7 Å². The fourth-order valence-corrected chi connectivity index (χ4v) is 5.83. The summed E-state index contributed by atoms with van der Waals surface area (Å²) in [6, 6.07) is 11.3. The molecule has 0 atom stereocenters. The number of methoxy groups -OCH3 is 3. The van der Waals surface area contributed by atoms with E-state index in [9.17, 15) is 17.2 Å². The van der Waals surface area contributed by atoms with Crippen molar-refractivity contribution >= 4 is 38.3 Å². The quantitative estimate of drug-likeness (QED) is 0.244. The third-order valence-electron chi connectivity index (χ3n) is 5.54. The van der Waals surface area contributed by atoms with Crippen LogP contribution in [0.15, 0.2) is 53.4 Å². The van der Waals surface area contributed by atoms with Crippen molar-refractivity contribution in [2.45, 2.75) is 15.7 Å². The first kappa shape index (κ1) is 27.9. The van der Waals surface area contributed by atoms with Crippen molar-refractivity contribution in [3.05, 3.63) is 76.9 Å². The van der Waals surface area contributed by atoms with Crippen LogP contribution in [0.3, 0.4) is 0 Å². The first-order valence-electron chi connectivity index (χ1n) is 10.8. The second kappa shape index (κ2) is 12.1. The maximum Gasteiger partial charge on any atom is 0.264 e. The van der Waals surface area contributed by atoms with Crippen LogP contribution in [0.25, 0.3) is 0 Å². The number of halogens is 3. The third kappa shape index (κ3) is 5.68. The summed E-state index contributed by atoms with van der Waals surface area (Å²) in [5, 5.41) is 0. The molecule has 3 rings (SSSR count). The predicted molar refractivity (Wildman–Crippen MR) is 143 cm³/mol. The van der Waals surface area contributed by atoms with Gasteiger partial charge in [0.25, 0.3) is 10.0 Å². The molecule has 3 aromatic carbocycles. The van der Waals surface area contributed by atoms with Crippen LogP contribution in [0.2, 0.25) is 0 Å². The van der Waals surface area contributed by atoms with Gasteiger partial charge < -0.3 is 19.9 Å². The average Bonchev–Trinajstić information content (AvgIpc) is 2.88. The van der Waals surface area contributed by atoms with Crippen molar-refractivity contribution in [3.8, 4) is 17.2 Å². The van der Waals surface area contributed by atoms with Crippen molar-refractivity contribution in [2.75, 3.05) is 38.7 Å². The Morgan fingerprint density at radius 1 is 0.917 bits per heavy atom. The molecule has 0 saturated heterocycles. The topological polar surface area (TPSA) is 91.1 Å². The van der Waals surface area contributed by atoms with Gasteiger partial charge in [-0.3, -0.25) is 4.31 Å². The minimum atomic E-state index is -4.21. The number of hydrogen-bond donors (Lipinski definition) is 1. The van der Waals surface area contributed by atoms with Gasteiger partial charge >= 0.3 is 0 Å². The summed E-state index contributed by atoms with van der Waals surface area (Å²) in [5.74, 6) is -0.622. The highest BCUT2D eigenvalue weighted by molar-refractivity contribution is 14.1. The highest BCUT2D eigenvalue weighted by Gasteiger charge is 2.31. The molecule has 0 radical (unpaired) electrons. The lowest BCUT2D eigenvalue weighted by atomic mass is 9.99. The molecule has 0 unspecified atom stereocenters. The van der Waals surface area contributed by atoms with E-state index in [1.807, 2.05) is 0 Å².